The van der Waals surface area contributed by atoms with Gasteiger partial charge in [0, 0.05) is 0 Å². The molecule has 1 heterocycles. The minimum absolute atomic E-state index is 0.177. The summed E-state index contributed by atoms with van der Waals surface area (Å²) in [6.45, 7) is 0. The maximum Gasteiger partial charge on any atom is 0.271 e. The van der Waals surface area contributed by atoms with Crippen molar-refractivity contribution >= 4 is 11.6 Å². The number of carbonyl (C=O) groups excluding carboxylic acids is 1. The first kappa shape index (κ1) is 10.9. The summed E-state index contributed by atoms with van der Waals surface area (Å²) in [4.78, 5) is 11.8. The number of H-pyrrole nitrogens is 1. The zero-order valence-electron chi connectivity index (χ0n) is 8.94. The highest BCUT2D eigenvalue weighted by Crippen LogP contribution is 2.19. The Labute approximate surface area is 93.2 Å². The number of nitrogens with one attached hydrogen (secondary N) is 2. The summed E-state index contributed by atoms with van der Waals surface area (Å²) in [5, 5.41) is 18.7. The predicted octanol–water partition coefficient (Wildman–Crippen LogP) is 0.0252. The van der Waals surface area contributed by atoms with E-state index in [4.69, 9.17) is 5.73 Å². The molecule has 5 N–H and O–H groups in total. The van der Waals surface area contributed by atoms with Crippen LogP contribution in [0.1, 0.15) is 36.2 Å². The van der Waals surface area contributed by atoms with E-state index in [1.165, 1.54) is 6.20 Å². The van der Waals surface area contributed by atoms with Crippen LogP contribution in [0, 0.1) is 0 Å². The van der Waals surface area contributed by atoms with Gasteiger partial charge in [0.2, 0.25) is 0 Å². The highest BCUT2D eigenvalue weighted by molar-refractivity contribution is 5.97. The van der Waals surface area contributed by atoms with Crippen LogP contribution in [0.5, 0.6) is 0 Å². The Hall–Kier alpha value is -1.56. The molecular formula is C10H16N4O2. The van der Waals surface area contributed by atoms with Gasteiger partial charge in [0.15, 0.2) is 0 Å². The number of aromatic nitrogens is 2. The second-order valence-electron chi connectivity index (χ2n) is 4.13. The van der Waals surface area contributed by atoms with E-state index >= 15 is 0 Å². The van der Waals surface area contributed by atoms with E-state index in [-0.39, 0.29) is 17.6 Å². The Bertz CT molecular complexity index is 377. The average molecular weight is 224 g/mol. The lowest BCUT2D eigenvalue weighted by Crippen LogP contribution is -2.45. The van der Waals surface area contributed by atoms with E-state index < -0.39 is 6.10 Å². The van der Waals surface area contributed by atoms with Gasteiger partial charge >= 0.3 is 0 Å². The third-order valence-corrected chi connectivity index (χ3v) is 2.94. The molecule has 6 heteroatoms. The topological polar surface area (TPSA) is 104 Å². The molecule has 1 fully saturated rings. The van der Waals surface area contributed by atoms with Gasteiger partial charge < -0.3 is 16.2 Å². The largest absolute Gasteiger partial charge is 0.396 e. The maximum atomic E-state index is 11.8. The molecule has 88 valence electrons. The van der Waals surface area contributed by atoms with Gasteiger partial charge in [0.05, 0.1) is 24.0 Å². The lowest BCUT2D eigenvalue weighted by atomic mass is 9.92. The second-order valence-corrected chi connectivity index (χ2v) is 4.13. The Morgan fingerprint density at radius 2 is 2.31 bits per heavy atom. The molecule has 1 saturated carbocycles. The van der Waals surface area contributed by atoms with Gasteiger partial charge in [0.25, 0.3) is 5.91 Å². The lowest BCUT2D eigenvalue weighted by Gasteiger charge is -2.28. The third-order valence-electron chi connectivity index (χ3n) is 2.94. The third kappa shape index (κ3) is 2.16. The molecule has 16 heavy (non-hydrogen) atoms. The summed E-state index contributed by atoms with van der Waals surface area (Å²) in [6, 6.07) is -0.177. The van der Waals surface area contributed by atoms with Crippen molar-refractivity contribution in [3.05, 3.63) is 11.9 Å². The van der Waals surface area contributed by atoms with Crippen LogP contribution >= 0.6 is 0 Å². The van der Waals surface area contributed by atoms with Crippen molar-refractivity contribution in [3.63, 3.8) is 0 Å². The number of nitrogens with zero attached hydrogens (tertiary/aromatic N) is 1. The first-order chi connectivity index (χ1) is 7.68. The Kier molecular flexibility index (Phi) is 3.09. The van der Waals surface area contributed by atoms with E-state index in [0.717, 1.165) is 25.7 Å². The smallest absolute Gasteiger partial charge is 0.271 e. The second kappa shape index (κ2) is 4.52. The molecule has 6 nitrogen and oxygen atoms in total. The fourth-order valence-electron chi connectivity index (χ4n) is 2.00. The molecule has 2 atom stereocenters. The van der Waals surface area contributed by atoms with Crippen LogP contribution in [0.15, 0.2) is 6.20 Å². The SMILES string of the molecule is Nc1cn[nH]c1C(=O)NC1CCCCC1O. The number of hydrogen-bond acceptors (Lipinski definition) is 4. The number of anilines is 1. The van der Waals surface area contributed by atoms with E-state index in [1.54, 1.807) is 0 Å². The number of hydrogen-bond donors (Lipinski definition) is 4. The molecule has 0 aliphatic heterocycles. The molecule has 0 radical (unpaired) electrons. The van der Waals surface area contributed by atoms with Crippen molar-refractivity contribution in [2.45, 2.75) is 37.8 Å². The zero-order valence-corrected chi connectivity index (χ0v) is 8.94. The molecule has 2 unspecified atom stereocenters. The summed E-state index contributed by atoms with van der Waals surface area (Å²) in [6.07, 6.45) is 4.53. The first-order valence-electron chi connectivity index (χ1n) is 5.46. The fourth-order valence-corrected chi connectivity index (χ4v) is 2.00. The Balaban J connectivity index is 1.99. The summed E-state index contributed by atoms with van der Waals surface area (Å²) in [5.41, 5.74) is 6.15. The van der Waals surface area contributed by atoms with Crippen LogP contribution in [-0.4, -0.2) is 33.4 Å². The molecule has 1 aromatic rings. The van der Waals surface area contributed by atoms with Gasteiger partial charge in [-0.05, 0) is 12.8 Å². The van der Waals surface area contributed by atoms with Gasteiger partial charge in [0.1, 0.15) is 5.69 Å². The van der Waals surface area contributed by atoms with E-state index in [0.29, 0.717) is 5.69 Å². The first-order valence-corrected chi connectivity index (χ1v) is 5.46. The van der Waals surface area contributed by atoms with Gasteiger partial charge in [-0.1, -0.05) is 12.8 Å². The highest BCUT2D eigenvalue weighted by atomic mass is 16.3. The van der Waals surface area contributed by atoms with Gasteiger partial charge in [-0.3, -0.25) is 9.89 Å². The van der Waals surface area contributed by atoms with Crippen LogP contribution in [0.25, 0.3) is 0 Å². The number of amides is 1. The van der Waals surface area contributed by atoms with Crippen LogP contribution in [-0.2, 0) is 0 Å². The van der Waals surface area contributed by atoms with Crippen molar-refractivity contribution in [2.24, 2.45) is 0 Å². The number of carbonyl (C=O) groups is 1. The number of nitrogens with two attached hydrogens (primary N) is 1. The van der Waals surface area contributed by atoms with Crippen LogP contribution in [0.3, 0.4) is 0 Å². The quantitative estimate of drug-likeness (QED) is 0.568. The molecular weight excluding hydrogens is 208 g/mol. The molecule has 1 aromatic heterocycles. The minimum atomic E-state index is -0.457. The highest BCUT2D eigenvalue weighted by Gasteiger charge is 2.25. The summed E-state index contributed by atoms with van der Waals surface area (Å²) >= 11 is 0. The standard InChI is InChI=1S/C10H16N4O2/c11-6-5-12-14-9(6)10(16)13-7-3-1-2-4-8(7)15/h5,7-8,15H,1-4,11H2,(H,12,14)(H,13,16). The van der Waals surface area contributed by atoms with Crippen LogP contribution < -0.4 is 11.1 Å². The van der Waals surface area contributed by atoms with Gasteiger partial charge in [-0.25, -0.2) is 0 Å². The molecule has 0 spiro atoms. The number of nitrogen functional groups attached to an aromatic ring is 1. The molecule has 0 aromatic carbocycles. The van der Waals surface area contributed by atoms with E-state index in [2.05, 4.69) is 15.5 Å². The summed E-state index contributed by atoms with van der Waals surface area (Å²) < 4.78 is 0. The normalized spacial score (nSPS) is 25.3. The Morgan fingerprint density at radius 3 is 2.94 bits per heavy atom. The van der Waals surface area contributed by atoms with Crippen LogP contribution in [0.4, 0.5) is 5.69 Å². The lowest BCUT2D eigenvalue weighted by molar-refractivity contribution is 0.0714. The summed E-state index contributed by atoms with van der Waals surface area (Å²) in [7, 11) is 0. The van der Waals surface area contributed by atoms with Gasteiger partial charge in [-0.15, -0.1) is 0 Å². The molecule has 1 aliphatic rings. The fraction of sp³-hybridized carbons (Fsp3) is 0.600. The molecule has 0 saturated heterocycles. The predicted molar refractivity (Wildman–Crippen MR) is 58.7 cm³/mol. The van der Waals surface area contributed by atoms with E-state index in [1.807, 2.05) is 0 Å². The Morgan fingerprint density at radius 1 is 1.56 bits per heavy atom. The molecule has 1 aliphatic carbocycles. The molecule has 1 amide bonds. The zero-order chi connectivity index (χ0) is 11.5. The van der Waals surface area contributed by atoms with Crippen molar-refractivity contribution in [1.82, 2.24) is 15.5 Å². The monoisotopic (exact) mass is 224 g/mol. The average Bonchev–Trinajstić information content (AvgIpc) is 2.68. The number of aliphatic hydroxyl groups is 1. The van der Waals surface area contributed by atoms with Gasteiger partial charge in [-0.2, -0.15) is 5.10 Å². The van der Waals surface area contributed by atoms with Crippen molar-refractivity contribution in [3.8, 4) is 0 Å². The maximum absolute atomic E-state index is 11.8. The minimum Gasteiger partial charge on any atom is -0.396 e. The molecule has 0 bridgehead atoms. The number of rotatable bonds is 2. The molecule has 2 rings (SSSR count). The van der Waals surface area contributed by atoms with Crippen molar-refractivity contribution in [1.29, 1.82) is 0 Å². The van der Waals surface area contributed by atoms with Crippen LogP contribution in [0.2, 0.25) is 0 Å². The number of aromatic amines is 1. The van der Waals surface area contributed by atoms with Crippen molar-refractivity contribution in [2.75, 3.05) is 5.73 Å². The summed E-state index contributed by atoms with van der Waals surface area (Å²) in [5.74, 6) is -0.305. The number of aliphatic hydroxyl groups excluding tert-OH is 1. The van der Waals surface area contributed by atoms with E-state index in [9.17, 15) is 9.90 Å². The van der Waals surface area contributed by atoms with Crippen molar-refractivity contribution < 1.29 is 9.90 Å².